The van der Waals surface area contributed by atoms with Crippen LogP contribution in [0, 0.1) is 36.0 Å². The zero-order valence-electron chi connectivity index (χ0n) is 25.7. The number of rotatable bonds is 5. The fourth-order valence-electron chi connectivity index (χ4n) is 9.09. The lowest BCUT2D eigenvalue weighted by molar-refractivity contribution is -0.000907. The van der Waals surface area contributed by atoms with Crippen LogP contribution in [0.3, 0.4) is 0 Å². The normalized spacial score (nSPS) is 27.8. The number of anilines is 5. The Morgan fingerprint density at radius 2 is 1.64 bits per heavy atom. The van der Waals surface area contributed by atoms with Gasteiger partial charge in [0.05, 0.1) is 23.3 Å². The average Bonchev–Trinajstić information content (AvgIpc) is 3.01. The summed E-state index contributed by atoms with van der Waals surface area (Å²) in [6, 6.07) is 16.5. The lowest BCUT2D eigenvalue weighted by atomic mass is 9.52. The number of fused-ring (bicyclic) bond motifs is 1. The first-order valence-corrected chi connectivity index (χ1v) is 16.2. The van der Waals surface area contributed by atoms with Gasteiger partial charge in [-0.3, -0.25) is 9.80 Å². The van der Waals surface area contributed by atoms with Gasteiger partial charge in [0, 0.05) is 49.3 Å². The van der Waals surface area contributed by atoms with Gasteiger partial charge in [-0.25, -0.2) is 9.78 Å². The zero-order chi connectivity index (χ0) is 30.0. The smallest absolute Gasteiger partial charge is 0.331 e. The number of hydrogen-bond donors (Lipinski definition) is 1. The van der Waals surface area contributed by atoms with Gasteiger partial charge in [0.25, 0.3) is 0 Å². The van der Waals surface area contributed by atoms with Gasteiger partial charge >= 0.3 is 6.03 Å². The minimum atomic E-state index is -0.244. The summed E-state index contributed by atoms with van der Waals surface area (Å²) >= 11 is 0. The third kappa shape index (κ3) is 4.67. The van der Waals surface area contributed by atoms with Crippen LogP contribution in [0.2, 0.25) is 0 Å². The van der Waals surface area contributed by atoms with E-state index in [9.17, 15) is 10.1 Å². The molecule has 1 N–H and O–H groups in total. The molecule has 4 saturated carbocycles. The van der Waals surface area contributed by atoms with Crippen LogP contribution < -0.4 is 20.0 Å². The first-order valence-electron chi connectivity index (χ1n) is 16.2. The Hall–Kier alpha value is -4.16. The molecule has 9 rings (SSSR count). The summed E-state index contributed by atoms with van der Waals surface area (Å²) in [5.74, 6) is 3.23. The minimum Gasteiger partial charge on any atom is -0.369 e. The lowest BCUT2D eigenvalue weighted by Crippen LogP contribution is -2.65. The Balaban J connectivity index is 1.14. The summed E-state index contributed by atoms with van der Waals surface area (Å²) in [5.41, 5.74) is 5.00. The Morgan fingerprint density at radius 1 is 0.955 bits per heavy atom. The van der Waals surface area contributed by atoms with Crippen LogP contribution in [-0.2, 0) is 6.54 Å². The molecule has 4 bridgehead atoms. The van der Waals surface area contributed by atoms with Crippen LogP contribution in [-0.4, -0.2) is 59.7 Å². The standard InChI is InChI=1S/C35H40N8O/c1-23-3-8-31(27(13-23)20-36)42-22-28-21-37-33(38-29-4-6-30(7-5-29)41-11-9-40(2)10-12-41)39-32(28)43(34(42)44)35-17-24-14-25(18-35)16-26(15-24)19-35/h3-8,13,21,24-26H,9-12,14-19,22H2,1-2H3,(H,37,38,39). The first kappa shape index (κ1) is 27.4. The number of aryl methyl sites for hydroxylation is 1. The molecule has 226 valence electrons. The maximum Gasteiger partial charge on any atom is 0.331 e. The number of urea groups is 1. The summed E-state index contributed by atoms with van der Waals surface area (Å²) in [5, 5.41) is 13.4. The minimum absolute atomic E-state index is 0.0685. The Kier molecular flexibility index (Phi) is 6.53. The molecule has 6 aliphatic rings. The summed E-state index contributed by atoms with van der Waals surface area (Å²) < 4.78 is 0. The largest absolute Gasteiger partial charge is 0.369 e. The first-order chi connectivity index (χ1) is 21.4. The van der Waals surface area contributed by atoms with Crippen molar-refractivity contribution in [3.8, 4) is 6.07 Å². The molecule has 44 heavy (non-hydrogen) atoms. The molecule has 3 aromatic rings. The average molecular weight is 589 g/mol. The van der Waals surface area contributed by atoms with Crippen molar-refractivity contribution >= 4 is 34.9 Å². The Bertz CT molecular complexity index is 1600. The molecule has 2 aromatic carbocycles. The molecular weight excluding hydrogens is 548 g/mol. The van der Waals surface area contributed by atoms with Gasteiger partial charge in [0.15, 0.2) is 0 Å². The fourth-order valence-corrected chi connectivity index (χ4v) is 9.09. The molecule has 0 spiro atoms. The predicted octanol–water partition coefficient (Wildman–Crippen LogP) is 6.07. The number of nitrogens with one attached hydrogen (secondary N) is 1. The molecule has 9 heteroatoms. The van der Waals surface area contributed by atoms with E-state index in [2.05, 4.69) is 52.5 Å². The zero-order valence-corrected chi connectivity index (χ0v) is 25.7. The third-order valence-electron chi connectivity index (χ3n) is 10.8. The van der Waals surface area contributed by atoms with Crippen LogP contribution in [0.25, 0.3) is 0 Å². The second kappa shape index (κ2) is 10.5. The monoisotopic (exact) mass is 588 g/mol. The molecule has 2 aliphatic heterocycles. The summed E-state index contributed by atoms with van der Waals surface area (Å²) in [7, 11) is 2.17. The number of benzene rings is 2. The number of nitrogens with zero attached hydrogens (tertiary/aromatic N) is 7. The summed E-state index contributed by atoms with van der Waals surface area (Å²) in [6.07, 6.45) is 8.81. The molecule has 4 aliphatic carbocycles. The van der Waals surface area contributed by atoms with E-state index < -0.39 is 0 Å². The van der Waals surface area contributed by atoms with E-state index in [0.29, 0.717) is 41.5 Å². The van der Waals surface area contributed by atoms with Gasteiger partial charge in [0.1, 0.15) is 11.9 Å². The summed E-state index contributed by atoms with van der Waals surface area (Å²) in [4.78, 5) is 33.1. The topological polar surface area (TPSA) is 91.6 Å². The van der Waals surface area contributed by atoms with Crippen molar-refractivity contribution < 1.29 is 4.79 Å². The Labute approximate surface area is 259 Å². The van der Waals surface area contributed by atoms with E-state index in [1.165, 1.54) is 24.9 Å². The molecule has 5 fully saturated rings. The van der Waals surface area contributed by atoms with Crippen LogP contribution in [0.4, 0.5) is 33.6 Å². The van der Waals surface area contributed by atoms with Gasteiger partial charge in [0.2, 0.25) is 5.95 Å². The van der Waals surface area contributed by atoms with Crippen LogP contribution in [0.15, 0.2) is 48.7 Å². The van der Waals surface area contributed by atoms with Crippen molar-refractivity contribution in [3.63, 3.8) is 0 Å². The number of carbonyl (C=O) groups is 1. The van der Waals surface area contributed by atoms with E-state index in [1.807, 2.05) is 36.2 Å². The van der Waals surface area contributed by atoms with E-state index in [0.717, 1.165) is 68.1 Å². The predicted molar refractivity (Wildman–Crippen MR) is 172 cm³/mol. The Morgan fingerprint density at radius 3 is 2.30 bits per heavy atom. The highest BCUT2D eigenvalue weighted by atomic mass is 16.2. The maximum absolute atomic E-state index is 14.7. The number of hydrogen-bond acceptors (Lipinski definition) is 7. The second-order valence-corrected chi connectivity index (χ2v) is 14.0. The van der Waals surface area contributed by atoms with Crippen LogP contribution in [0.5, 0.6) is 0 Å². The van der Waals surface area contributed by atoms with E-state index in [1.54, 1.807) is 4.90 Å². The number of aromatic nitrogens is 2. The van der Waals surface area contributed by atoms with Crippen molar-refractivity contribution in [2.45, 2.75) is 57.5 Å². The van der Waals surface area contributed by atoms with Gasteiger partial charge in [-0.1, -0.05) is 6.07 Å². The van der Waals surface area contributed by atoms with Crippen molar-refractivity contribution in [1.82, 2.24) is 14.9 Å². The maximum atomic E-state index is 14.7. The quantitative estimate of drug-likeness (QED) is 0.387. The van der Waals surface area contributed by atoms with E-state index >= 15 is 0 Å². The van der Waals surface area contributed by atoms with E-state index in [-0.39, 0.29) is 11.6 Å². The number of piperazine rings is 1. The second-order valence-electron chi connectivity index (χ2n) is 14.0. The SMILES string of the molecule is Cc1ccc(N2Cc3cnc(Nc4ccc(N5CCN(C)CC5)cc4)nc3N(C34CC5CC(CC(C5)C3)C4)C2=O)c(C#N)c1. The number of likely N-dealkylation sites (N-methyl/N-ethyl adjacent to an activating group) is 1. The molecule has 0 atom stereocenters. The van der Waals surface area contributed by atoms with Crippen LogP contribution in [0.1, 0.15) is 55.2 Å². The highest BCUT2D eigenvalue weighted by Gasteiger charge is 2.57. The summed E-state index contributed by atoms with van der Waals surface area (Å²) in [6.45, 7) is 6.51. The number of carbonyl (C=O) groups excluding carboxylic acids is 1. The van der Waals surface area contributed by atoms with Crippen LogP contribution >= 0.6 is 0 Å². The van der Waals surface area contributed by atoms with E-state index in [4.69, 9.17) is 9.97 Å². The molecular formula is C35H40N8O. The highest BCUT2D eigenvalue weighted by Crippen LogP contribution is 2.59. The lowest BCUT2D eigenvalue weighted by Gasteiger charge is -2.61. The fraction of sp³-hybridized carbons (Fsp3) is 0.486. The molecule has 0 radical (unpaired) electrons. The number of amides is 2. The molecule has 2 amide bonds. The van der Waals surface area contributed by atoms with Gasteiger partial charge in [-0.15, -0.1) is 0 Å². The van der Waals surface area contributed by atoms with Crippen molar-refractivity contribution in [1.29, 1.82) is 5.26 Å². The molecule has 9 nitrogen and oxygen atoms in total. The van der Waals surface area contributed by atoms with Crippen molar-refractivity contribution in [3.05, 3.63) is 65.4 Å². The van der Waals surface area contributed by atoms with Gasteiger partial charge < -0.3 is 15.1 Å². The van der Waals surface area contributed by atoms with Gasteiger partial charge in [-0.2, -0.15) is 10.2 Å². The molecule has 0 unspecified atom stereocenters. The number of nitriles is 1. The molecule has 1 saturated heterocycles. The van der Waals surface area contributed by atoms with Gasteiger partial charge in [-0.05, 0) is 112 Å². The third-order valence-corrected chi connectivity index (χ3v) is 10.8. The molecule has 3 heterocycles. The molecule has 1 aromatic heterocycles. The van der Waals surface area contributed by atoms with Crippen molar-refractivity contribution in [2.75, 3.05) is 53.2 Å². The highest BCUT2D eigenvalue weighted by molar-refractivity contribution is 6.07. The van der Waals surface area contributed by atoms with Crippen molar-refractivity contribution in [2.24, 2.45) is 17.8 Å².